The number of hydrazone groups is 1. The van der Waals surface area contributed by atoms with Gasteiger partial charge in [-0.1, -0.05) is 18.2 Å². The summed E-state index contributed by atoms with van der Waals surface area (Å²) >= 11 is 0. The molecule has 0 saturated heterocycles. The third-order valence-electron chi connectivity index (χ3n) is 2.25. The lowest BCUT2D eigenvalue weighted by Crippen LogP contribution is -2.31. The fourth-order valence-corrected chi connectivity index (χ4v) is 1.24. The summed E-state index contributed by atoms with van der Waals surface area (Å²) in [6, 6.07) is 8.12. The fourth-order valence-electron chi connectivity index (χ4n) is 1.24. The first kappa shape index (κ1) is 15.2. The number of benzene rings is 1. The smallest absolute Gasteiger partial charge is 0.383 e. The van der Waals surface area contributed by atoms with Gasteiger partial charge in [-0.25, -0.2) is 5.43 Å². The average molecular weight is 274 g/mol. The van der Waals surface area contributed by atoms with Gasteiger partial charge in [0, 0.05) is 17.7 Å². The summed E-state index contributed by atoms with van der Waals surface area (Å²) in [5.41, 5.74) is 2.45. The molecule has 2 N–H and O–H groups in total. The van der Waals surface area contributed by atoms with Crippen LogP contribution in [0.2, 0.25) is 0 Å². The predicted molar refractivity (Wildman–Crippen MR) is 63.7 cm³/mol. The van der Waals surface area contributed by atoms with E-state index in [9.17, 15) is 18.0 Å². The molecule has 0 aliphatic carbocycles. The van der Waals surface area contributed by atoms with Crippen molar-refractivity contribution >= 4 is 11.6 Å². The minimum absolute atomic E-state index is 0.0193. The zero-order chi connectivity index (χ0) is 14.5. The molecular weight excluding hydrogens is 261 g/mol. The molecule has 104 valence electrons. The molecule has 0 spiro atoms. The summed E-state index contributed by atoms with van der Waals surface area (Å²) < 4.78 is 36.2. The van der Waals surface area contributed by atoms with Gasteiger partial charge < -0.3 is 5.11 Å². The first-order chi connectivity index (χ1) is 8.80. The van der Waals surface area contributed by atoms with Crippen LogP contribution < -0.4 is 5.43 Å². The van der Waals surface area contributed by atoms with E-state index in [-0.39, 0.29) is 5.71 Å². The summed E-state index contributed by atoms with van der Waals surface area (Å²) in [4.78, 5) is 11.5. The minimum Gasteiger partial charge on any atom is -0.383 e. The Kier molecular flexibility index (Phi) is 5.05. The topological polar surface area (TPSA) is 61.7 Å². The highest BCUT2D eigenvalue weighted by Gasteiger charge is 2.38. The quantitative estimate of drug-likeness (QED) is 0.652. The largest absolute Gasteiger partial charge is 0.414 e. The van der Waals surface area contributed by atoms with Crippen molar-refractivity contribution in [2.24, 2.45) is 5.10 Å². The standard InChI is InChI=1S/C12H13F3N2O2/c1-8(7-10(18)12(13,14)15)16-17-11(19)9-5-3-2-4-6-9/h2-6,10,18H,7H2,1H3,(H,17,19)/b16-8+. The lowest BCUT2D eigenvalue weighted by Gasteiger charge is -2.13. The van der Waals surface area contributed by atoms with Crippen LogP contribution in [0.5, 0.6) is 0 Å². The number of hydrogen-bond donors (Lipinski definition) is 2. The van der Waals surface area contributed by atoms with Crippen LogP contribution in [-0.4, -0.2) is 29.0 Å². The van der Waals surface area contributed by atoms with Crippen molar-refractivity contribution in [2.45, 2.75) is 25.6 Å². The Morgan fingerprint density at radius 3 is 2.47 bits per heavy atom. The summed E-state index contributed by atoms with van der Waals surface area (Å²) in [5.74, 6) is -0.526. The Morgan fingerprint density at radius 2 is 1.95 bits per heavy atom. The van der Waals surface area contributed by atoms with E-state index in [4.69, 9.17) is 5.11 Å². The molecule has 1 rings (SSSR count). The molecule has 0 heterocycles. The van der Waals surface area contributed by atoms with Crippen LogP contribution >= 0.6 is 0 Å². The van der Waals surface area contributed by atoms with E-state index in [2.05, 4.69) is 10.5 Å². The maximum absolute atomic E-state index is 12.1. The van der Waals surface area contributed by atoms with E-state index < -0.39 is 24.6 Å². The van der Waals surface area contributed by atoms with E-state index in [0.29, 0.717) is 5.56 Å². The Hall–Kier alpha value is -1.89. The molecule has 1 aromatic rings. The molecule has 1 unspecified atom stereocenters. The maximum Gasteiger partial charge on any atom is 0.414 e. The molecule has 0 aliphatic heterocycles. The maximum atomic E-state index is 12.1. The highest BCUT2D eigenvalue weighted by molar-refractivity contribution is 5.95. The van der Waals surface area contributed by atoms with Crippen LogP contribution in [0.4, 0.5) is 13.2 Å². The van der Waals surface area contributed by atoms with E-state index >= 15 is 0 Å². The van der Waals surface area contributed by atoms with Crippen LogP contribution in [-0.2, 0) is 0 Å². The van der Waals surface area contributed by atoms with E-state index in [1.165, 1.54) is 6.92 Å². The first-order valence-corrected chi connectivity index (χ1v) is 5.44. The number of carbonyl (C=O) groups excluding carboxylic acids is 1. The summed E-state index contributed by atoms with van der Waals surface area (Å²) in [6.45, 7) is 1.29. The number of nitrogens with one attached hydrogen (secondary N) is 1. The molecule has 0 radical (unpaired) electrons. The lowest BCUT2D eigenvalue weighted by atomic mass is 10.2. The molecule has 19 heavy (non-hydrogen) atoms. The summed E-state index contributed by atoms with van der Waals surface area (Å²) in [5, 5.41) is 12.3. The Balaban J connectivity index is 2.55. The number of rotatable bonds is 4. The van der Waals surface area contributed by atoms with Crippen LogP contribution in [0.3, 0.4) is 0 Å². The number of carbonyl (C=O) groups is 1. The second kappa shape index (κ2) is 6.33. The highest BCUT2D eigenvalue weighted by Crippen LogP contribution is 2.22. The predicted octanol–water partition coefficient (Wildman–Crippen LogP) is 2.11. The zero-order valence-corrected chi connectivity index (χ0v) is 10.1. The summed E-state index contributed by atoms with van der Waals surface area (Å²) in [6.07, 6.45) is -7.86. The van der Waals surface area contributed by atoms with Gasteiger partial charge in [0.15, 0.2) is 6.10 Å². The van der Waals surface area contributed by atoms with Crippen LogP contribution in [0.25, 0.3) is 0 Å². The van der Waals surface area contributed by atoms with Crippen molar-refractivity contribution in [3.63, 3.8) is 0 Å². The second-order valence-corrected chi connectivity index (χ2v) is 3.92. The molecular formula is C12H13F3N2O2. The molecule has 4 nitrogen and oxygen atoms in total. The number of halogens is 3. The molecule has 0 fully saturated rings. The van der Waals surface area contributed by atoms with E-state index in [0.717, 1.165) is 0 Å². The number of alkyl halides is 3. The number of amides is 1. The van der Waals surface area contributed by atoms with Crippen LogP contribution in [0, 0.1) is 0 Å². The normalized spacial score (nSPS) is 14.1. The Labute approximate surface area is 107 Å². The van der Waals surface area contributed by atoms with Gasteiger partial charge in [-0.2, -0.15) is 18.3 Å². The number of aliphatic hydroxyl groups is 1. The van der Waals surface area contributed by atoms with E-state index in [1.54, 1.807) is 30.3 Å². The third kappa shape index (κ3) is 5.09. The van der Waals surface area contributed by atoms with Crippen molar-refractivity contribution < 1.29 is 23.1 Å². The molecule has 0 bridgehead atoms. The van der Waals surface area contributed by atoms with E-state index in [1.807, 2.05) is 0 Å². The molecule has 0 saturated carbocycles. The van der Waals surface area contributed by atoms with Gasteiger partial charge in [0.25, 0.3) is 5.91 Å². The molecule has 0 aliphatic rings. The van der Waals surface area contributed by atoms with Crippen molar-refractivity contribution in [1.82, 2.24) is 5.43 Å². The monoisotopic (exact) mass is 274 g/mol. The van der Waals surface area contributed by atoms with Gasteiger partial charge in [-0.05, 0) is 19.1 Å². The van der Waals surface area contributed by atoms with Crippen LogP contribution in [0.1, 0.15) is 23.7 Å². The Morgan fingerprint density at radius 1 is 1.37 bits per heavy atom. The highest BCUT2D eigenvalue weighted by atomic mass is 19.4. The number of nitrogens with zero attached hydrogens (tertiary/aromatic N) is 1. The molecule has 7 heteroatoms. The fraction of sp³-hybridized carbons (Fsp3) is 0.333. The minimum atomic E-state index is -4.69. The van der Waals surface area contributed by atoms with Gasteiger partial charge in [-0.15, -0.1) is 0 Å². The Bertz CT molecular complexity index is 458. The first-order valence-electron chi connectivity index (χ1n) is 5.44. The zero-order valence-electron chi connectivity index (χ0n) is 10.1. The SMILES string of the molecule is C/C(CC(O)C(F)(F)F)=N\NC(=O)c1ccccc1. The number of hydrogen-bond acceptors (Lipinski definition) is 3. The second-order valence-electron chi connectivity index (χ2n) is 3.92. The summed E-state index contributed by atoms with van der Waals surface area (Å²) in [7, 11) is 0. The van der Waals surface area contributed by atoms with Gasteiger partial charge in [0.1, 0.15) is 0 Å². The van der Waals surface area contributed by atoms with Gasteiger partial charge in [0.05, 0.1) is 0 Å². The van der Waals surface area contributed by atoms with Gasteiger partial charge in [0.2, 0.25) is 0 Å². The molecule has 1 atom stereocenters. The molecule has 0 aromatic heterocycles. The van der Waals surface area contributed by atoms with Crippen molar-refractivity contribution in [2.75, 3.05) is 0 Å². The van der Waals surface area contributed by atoms with Gasteiger partial charge in [-0.3, -0.25) is 4.79 Å². The lowest BCUT2D eigenvalue weighted by molar-refractivity contribution is -0.201. The van der Waals surface area contributed by atoms with Crippen molar-refractivity contribution in [3.05, 3.63) is 35.9 Å². The average Bonchev–Trinajstić information content (AvgIpc) is 2.35. The number of aliphatic hydroxyl groups excluding tert-OH is 1. The molecule has 1 amide bonds. The van der Waals surface area contributed by atoms with Crippen molar-refractivity contribution in [1.29, 1.82) is 0 Å². The van der Waals surface area contributed by atoms with Crippen molar-refractivity contribution in [3.8, 4) is 0 Å². The van der Waals surface area contributed by atoms with Gasteiger partial charge >= 0.3 is 6.18 Å². The third-order valence-corrected chi connectivity index (χ3v) is 2.25. The molecule has 1 aromatic carbocycles. The van der Waals surface area contributed by atoms with Crippen LogP contribution in [0.15, 0.2) is 35.4 Å².